The van der Waals surface area contributed by atoms with E-state index in [2.05, 4.69) is 42.2 Å². The predicted molar refractivity (Wildman–Crippen MR) is 97.8 cm³/mol. The third-order valence-electron chi connectivity index (χ3n) is 5.42. The van der Waals surface area contributed by atoms with Crippen LogP contribution in [0, 0.1) is 5.92 Å². The van der Waals surface area contributed by atoms with E-state index in [0.29, 0.717) is 12.0 Å². The Morgan fingerprint density at radius 2 is 1.96 bits per heavy atom. The maximum absolute atomic E-state index is 6.14. The van der Waals surface area contributed by atoms with E-state index in [1.165, 1.54) is 24.8 Å². The fraction of sp³-hybridized carbons (Fsp3) is 0.619. The van der Waals surface area contributed by atoms with Gasteiger partial charge in [0, 0.05) is 18.4 Å². The topological polar surface area (TPSA) is 30.5 Å². The number of nitrogens with one attached hydrogen (secondary N) is 1. The molecule has 3 rings (SSSR count). The quantitative estimate of drug-likeness (QED) is 0.741. The van der Waals surface area contributed by atoms with Gasteiger partial charge in [-0.3, -0.25) is 0 Å². The molecule has 3 heteroatoms. The molecule has 1 N–H and O–H groups in total. The summed E-state index contributed by atoms with van der Waals surface area (Å²) in [5.41, 5.74) is 1.33. The van der Waals surface area contributed by atoms with Crippen LogP contribution in [0.2, 0.25) is 0 Å². The zero-order chi connectivity index (χ0) is 16.7. The molecule has 1 heterocycles. The third kappa shape index (κ3) is 4.27. The molecule has 2 aliphatic rings. The van der Waals surface area contributed by atoms with Crippen LogP contribution in [0.4, 0.5) is 0 Å². The molecule has 1 aromatic carbocycles. The highest BCUT2D eigenvalue weighted by molar-refractivity contribution is 5.19. The van der Waals surface area contributed by atoms with Gasteiger partial charge in [-0.15, -0.1) is 6.58 Å². The molecular formula is C21H31NO2. The molecule has 0 amide bonds. The van der Waals surface area contributed by atoms with E-state index in [-0.39, 0.29) is 5.79 Å². The van der Waals surface area contributed by atoms with Gasteiger partial charge in [-0.2, -0.15) is 0 Å². The van der Waals surface area contributed by atoms with Crippen LogP contribution in [0.1, 0.15) is 56.6 Å². The highest BCUT2D eigenvalue weighted by Crippen LogP contribution is 2.41. The molecule has 1 saturated heterocycles. The fourth-order valence-corrected chi connectivity index (χ4v) is 4.14. The molecular weight excluding hydrogens is 298 g/mol. The molecule has 1 spiro atoms. The van der Waals surface area contributed by atoms with E-state index in [1.54, 1.807) is 0 Å². The van der Waals surface area contributed by atoms with Crippen LogP contribution in [-0.4, -0.2) is 25.5 Å². The molecule has 132 valence electrons. The van der Waals surface area contributed by atoms with E-state index in [1.807, 2.05) is 6.08 Å². The van der Waals surface area contributed by atoms with Crippen molar-refractivity contribution in [2.24, 2.45) is 5.92 Å². The van der Waals surface area contributed by atoms with E-state index < -0.39 is 0 Å². The lowest BCUT2D eigenvalue weighted by atomic mass is 9.80. The lowest BCUT2D eigenvalue weighted by molar-refractivity contribution is -0.306. The average Bonchev–Trinajstić information content (AvgIpc) is 2.64. The van der Waals surface area contributed by atoms with Crippen molar-refractivity contribution >= 4 is 0 Å². The zero-order valence-electron chi connectivity index (χ0n) is 14.7. The molecule has 1 saturated carbocycles. The number of rotatable bonds is 7. The summed E-state index contributed by atoms with van der Waals surface area (Å²) in [7, 11) is 0. The first-order chi connectivity index (χ1) is 11.8. The van der Waals surface area contributed by atoms with Crippen molar-refractivity contribution in [2.45, 2.75) is 56.8 Å². The van der Waals surface area contributed by atoms with Crippen molar-refractivity contribution in [1.82, 2.24) is 5.32 Å². The van der Waals surface area contributed by atoms with Gasteiger partial charge < -0.3 is 14.8 Å². The van der Waals surface area contributed by atoms with Gasteiger partial charge in [-0.1, -0.05) is 42.8 Å². The van der Waals surface area contributed by atoms with Gasteiger partial charge in [0.25, 0.3) is 0 Å². The van der Waals surface area contributed by atoms with Crippen LogP contribution in [0.5, 0.6) is 0 Å². The van der Waals surface area contributed by atoms with Gasteiger partial charge in [0.2, 0.25) is 0 Å². The Hall–Kier alpha value is -1.16. The van der Waals surface area contributed by atoms with Gasteiger partial charge in [0.15, 0.2) is 5.79 Å². The minimum absolute atomic E-state index is 0.293. The van der Waals surface area contributed by atoms with Crippen LogP contribution in [0.3, 0.4) is 0 Å². The van der Waals surface area contributed by atoms with E-state index in [0.717, 1.165) is 45.4 Å². The molecule has 24 heavy (non-hydrogen) atoms. The van der Waals surface area contributed by atoms with Gasteiger partial charge >= 0.3 is 0 Å². The van der Waals surface area contributed by atoms with Crippen molar-refractivity contribution in [2.75, 3.05) is 19.8 Å². The molecule has 0 aromatic heterocycles. The first-order valence-electron chi connectivity index (χ1n) is 9.51. The molecule has 2 fully saturated rings. The van der Waals surface area contributed by atoms with E-state index in [4.69, 9.17) is 9.47 Å². The largest absolute Gasteiger partial charge is 0.350 e. The Morgan fingerprint density at radius 1 is 1.17 bits per heavy atom. The monoisotopic (exact) mass is 329 g/mol. The minimum Gasteiger partial charge on any atom is -0.350 e. The molecule has 2 unspecified atom stereocenters. The van der Waals surface area contributed by atoms with Gasteiger partial charge in [-0.25, -0.2) is 0 Å². The smallest absolute Gasteiger partial charge is 0.171 e. The maximum atomic E-state index is 6.14. The van der Waals surface area contributed by atoms with Crippen LogP contribution in [-0.2, 0) is 9.47 Å². The Labute approximate surface area is 146 Å². The molecule has 1 aliphatic heterocycles. The molecule has 2 atom stereocenters. The Bertz CT molecular complexity index is 488. The summed E-state index contributed by atoms with van der Waals surface area (Å²) < 4.78 is 12.3. The maximum Gasteiger partial charge on any atom is 0.171 e. The highest BCUT2D eigenvalue weighted by Gasteiger charge is 2.43. The van der Waals surface area contributed by atoms with Crippen LogP contribution < -0.4 is 5.32 Å². The van der Waals surface area contributed by atoms with Crippen LogP contribution >= 0.6 is 0 Å². The summed E-state index contributed by atoms with van der Waals surface area (Å²) >= 11 is 0. The molecule has 3 nitrogen and oxygen atoms in total. The Morgan fingerprint density at radius 3 is 2.71 bits per heavy atom. The highest BCUT2D eigenvalue weighted by atomic mass is 16.7. The third-order valence-corrected chi connectivity index (χ3v) is 5.42. The molecule has 0 radical (unpaired) electrons. The molecule has 1 aromatic rings. The Balaban J connectivity index is 1.56. The van der Waals surface area contributed by atoms with Crippen molar-refractivity contribution in [3.05, 3.63) is 48.6 Å². The predicted octanol–water partition coefficient (Wildman–Crippen LogP) is 4.61. The van der Waals surface area contributed by atoms with E-state index in [9.17, 15) is 0 Å². The second kappa shape index (κ2) is 8.80. The first-order valence-corrected chi connectivity index (χ1v) is 9.51. The first kappa shape index (κ1) is 17.7. The standard InChI is InChI=1S/C21H31NO2/c1-2-9-20(18-10-4-3-5-11-18)22-15-13-19-12-6-7-14-21(19)23-16-8-17-24-21/h2-5,10-11,19-20,22H,1,6-9,12-17H2. The number of hydrogen-bond acceptors (Lipinski definition) is 3. The van der Waals surface area contributed by atoms with Crippen molar-refractivity contribution < 1.29 is 9.47 Å². The zero-order valence-corrected chi connectivity index (χ0v) is 14.7. The lowest BCUT2D eigenvalue weighted by Gasteiger charge is -2.46. The van der Waals surface area contributed by atoms with Gasteiger partial charge in [-0.05, 0) is 44.2 Å². The van der Waals surface area contributed by atoms with E-state index >= 15 is 0 Å². The second-order valence-electron chi connectivity index (χ2n) is 7.04. The summed E-state index contributed by atoms with van der Waals surface area (Å²) in [6.07, 6.45) is 9.90. The molecule has 1 aliphatic carbocycles. The normalized spacial score (nSPS) is 24.6. The van der Waals surface area contributed by atoms with Gasteiger partial charge in [0.1, 0.15) is 0 Å². The number of benzene rings is 1. The Kier molecular flexibility index (Phi) is 6.47. The summed E-state index contributed by atoms with van der Waals surface area (Å²) in [5, 5.41) is 3.72. The second-order valence-corrected chi connectivity index (χ2v) is 7.04. The van der Waals surface area contributed by atoms with Gasteiger partial charge in [0.05, 0.1) is 13.2 Å². The summed E-state index contributed by atoms with van der Waals surface area (Å²) in [6.45, 7) is 6.61. The minimum atomic E-state index is -0.293. The fourth-order valence-electron chi connectivity index (χ4n) is 4.14. The average molecular weight is 329 g/mol. The van der Waals surface area contributed by atoms with Crippen molar-refractivity contribution in [3.63, 3.8) is 0 Å². The SMILES string of the molecule is C=CCC(NCCC1CCCCC12OCCCO2)c1ccccc1. The van der Waals surface area contributed by atoms with Crippen molar-refractivity contribution in [1.29, 1.82) is 0 Å². The summed E-state index contributed by atoms with van der Waals surface area (Å²) in [5.74, 6) is 0.220. The molecule has 0 bridgehead atoms. The number of hydrogen-bond donors (Lipinski definition) is 1. The van der Waals surface area contributed by atoms with Crippen LogP contribution in [0.15, 0.2) is 43.0 Å². The van der Waals surface area contributed by atoms with Crippen molar-refractivity contribution in [3.8, 4) is 0 Å². The number of ether oxygens (including phenoxy) is 2. The summed E-state index contributed by atoms with van der Waals surface area (Å²) in [6, 6.07) is 11.0. The lowest BCUT2D eigenvalue weighted by Crippen LogP contribution is -2.49. The summed E-state index contributed by atoms with van der Waals surface area (Å²) in [4.78, 5) is 0. The van der Waals surface area contributed by atoms with Crippen LogP contribution in [0.25, 0.3) is 0 Å².